The van der Waals surface area contributed by atoms with Crippen molar-refractivity contribution in [2.45, 2.75) is 52.1 Å². The molecule has 0 bridgehead atoms. The molecule has 3 unspecified atom stereocenters. The van der Waals surface area contributed by atoms with E-state index in [0.717, 1.165) is 11.1 Å². The van der Waals surface area contributed by atoms with Gasteiger partial charge in [0.05, 0.1) is 25.9 Å². The summed E-state index contributed by atoms with van der Waals surface area (Å²) in [4.78, 5) is 37.8. The van der Waals surface area contributed by atoms with Gasteiger partial charge in [0.25, 0.3) is 0 Å². The van der Waals surface area contributed by atoms with Gasteiger partial charge in [0, 0.05) is 12.3 Å². The second-order valence-electron chi connectivity index (χ2n) is 9.13. The summed E-state index contributed by atoms with van der Waals surface area (Å²) >= 11 is 0. The maximum absolute atomic E-state index is 12.9. The molecule has 1 aliphatic heterocycles. The Balaban J connectivity index is 1.79. The van der Waals surface area contributed by atoms with E-state index in [1.54, 1.807) is 20.8 Å². The molecule has 2 amide bonds. The minimum Gasteiger partial charge on any atom is -0.459 e. The Labute approximate surface area is 194 Å². The first kappa shape index (κ1) is 24.6. The number of hydrogen-bond acceptors (Lipinski definition) is 6. The van der Waals surface area contributed by atoms with E-state index in [1.807, 2.05) is 60.7 Å². The molecule has 3 atom stereocenters. The molecule has 33 heavy (non-hydrogen) atoms. The van der Waals surface area contributed by atoms with Crippen molar-refractivity contribution >= 4 is 17.8 Å². The van der Waals surface area contributed by atoms with Crippen molar-refractivity contribution in [3.63, 3.8) is 0 Å². The predicted octanol–water partition coefficient (Wildman–Crippen LogP) is 3.41. The fourth-order valence-corrected chi connectivity index (χ4v) is 3.73. The lowest BCUT2D eigenvalue weighted by atomic mass is 9.81. The Morgan fingerprint density at radius 2 is 1.55 bits per heavy atom. The maximum atomic E-state index is 12.9. The predicted molar refractivity (Wildman–Crippen MR) is 122 cm³/mol. The molecule has 0 aliphatic carbocycles. The summed E-state index contributed by atoms with van der Waals surface area (Å²) in [6.45, 7) is 5.92. The molecular weight excluding hydrogens is 422 g/mol. The Kier molecular flexibility index (Phi) is 8.36. The number of hydrogen-bond donors (Lipinski definition) is 1. The highest BCUT2D eigenvalue weighted by molar-refractivity contribution is 6.08. The highest BCUT2D eigenvalue weighted by atomic mass is 16.6. The van der Waals surface area contributed by atoms with Crippen molar-refractivity contribution < 1.29 is 28.6 Å². The largest absolute Gasteiger partial charge is 0.459 e. The molecule has 1 fully saturated rings. The van der Waals surface area contributed by atoms with E-state index in [9.17, 15) is 14.4 Å². The number of nitrogens with one attached hydrogen (secondary N) is 1. The zero-order valence-corrected chi connectivity index (χ0v) is 19.3. The topological polar surface area (TPSA) is 90.9 Å². The quantitative estimate of drug-likeness (QED) is 0.356. The van der Waals surface area contributed by atoms with Gasteiger partial charge >= 0.3 is 5.97 Å². The number of piperidine rings is 1. The van der Waals surface area contributed by atoms with E-state index in [4.69, 9.17) is 14.2 Å². The Morgan fingerprint density at radius 3 is 2.12 bits per heavy atom. The van der Waals surface area contributed by atoms with Crippen LogP contribution in [0.15, 0.2) is 60.7 Å². The number of esters is 1. The third-order valence-corrected chi connectivity index (χ3v) is 5.23. The monoisotopic (exact) mass is 453 g/mol. The van der Waals surface area contributed by atoms with Crippen LogP contribution < -0.4 is 5.32 Å². The fraction of sp³-hybridized carbons (Fsp3) is 0.423. The highest BCUT2D eigenvalue weighted by Crippen LogP contribution is 2.30. The molecule has 0 aromatic heterocycles. The SMILES string of the molecule is CC(C)(C)OC(=O)C1C(=O)NC(=O)CC1C(COCc1ccccc1)OCc1ccccc1. The third-order valence-electron chi connectivity index (χ3n) is 5.23. The normalized spacial score (nSPS) is 19.6. The molecule has 2 aromatic carbocycles. The lowest BCUT2D eigenvalue weighted by molar-refractivity contribution is -0.172. The summed E-state index contributed by atoms with van der Waals surface area (Å²) < 4.78 is 17.5. The van der Waals surface area contributed by atoms with Crippen LogP contribution >= 0.6 is 0 Å². The van der Waals surface area contributed by atoms with Crippen LogP contribution in [-0.2, 0) is 41.8 Å². The summed E-state index contributed by atoms with van der Waals surface area (Å²) in [5, 5.41) is 2.26. The molecule has 1 heterocycles. The zero-order chi connectivity index (χ0) is 23.8. The first-order valence-electron chi connectivity index (χ1n) is 11.1. The molecule has 7 heteroatoms. The molecule has 0 saturated carbocycles. The van der Waals surface area contributed by atoms with Crippen molar-refractivity contribution in [1.29, 1.82) is 0 Å². The molecular formula is C26H31NO6. The Morgan fingerprint density at radius 1 is 0.970 bits per heavy atom. The van der Waals surface area contributed by atoms with Gasteiger partial charge in [-0.2, -0.15) is 0 Å². The molecule has 3 rings (SSSR count). The molecule has 1 saturated heterocycles. The lowest BCUT2D eigenvalue weighted by Gasteiger charge is -2.35. The second-order valence-corrected chi connectivity index (χ2v) is 9.13. The minimum absolute atomic E-state index is 0.0379. The number of benzene rings is 2. The number of amides is 2. The zero-order valence-electron chi connectivity index (χ0n) is 19.3. The molecule has 0 radical (unpaired) electrons. The lowest BCUT2D eigenvalue weighted by Crippen LogP contribution is -2.54. The van der Waals surface area contributed by atoms with E-state index >= 15 is 0 Å². The summed E-state index contributed by atoms with van der Waals surface area (Å²) in [7, 11) is 0. The van der Waals surface area contributed by atoms with Crippen LogP contribution in [0.4, 0.5) is 0 Å². The van der Waals surface area contributed by atoms with Crippen LogP contribution in [0.3, 0.4) is 0 Å². The van der Waals surface area contributed by atoms with Gasteiger partial charge in [-0.3, -0.25) is 19.7 Å². The van der Waals surface area contributed by atoms with Crippen LogP contribution in [0.25, 0.3) is 0 Å². The van der Waals surface area contributed by atoms with Crippen LogP contribution in [-0.4, -0.2) is 36.1 Å². The van der Waals surface area contributed by atoms with E-state index < -0.39 is 41.3 Å². The Hall–Kier alpha value is -3.03. The molecule has 176 valence electrons. The van der Waals surface area contributed by atoms with Gasteiger partial charge in [-0.1, -0.05) is 60.7 Å². The van der Waals surface area contributed by atoms with Crippen molar-refractivity contribution in [3.8, 4) is 0 Å². The second kappa shape index (κ2) is 11.2. The average Bonchev–Trinajstić information content (AvgIpc) is 2.75. The van der Waals surface area contributed by atoms with Crippen molar-refractivity contribution in [3.05, 3.63) is 71.8 Å². The van der Waals surface area contributed by atoms with Gasteiger partial charge < -0.3 is 14.2 Å². The number of imide groups is 1. The van der Waals surface area contributed by atoms with Crippen LogP contribution in [0.1, 0.15) is 38.3 Å². The van der Waals surface area contributed by atoms with Gasteiger partial charge in [0.1, 0.15) is 11.5 Å². The van der Waals surface area contributed by atoms with Gasteiger partial charge in [-0.25, -0.2) is 0 Å². The van der Waals surface area contributed by atoms with Crippen molar-refractivity contribution in [2.75, 3.05) is 6.61 Å². The summed E-state index contributed by atoms with van der Waals surface area (Å²) in [6.07, 6.45) is -0.703. The van der Waals surface area contributed by atoms with E-state index in [-0.39, 0.29) is 19.6 Å². The van der Waals surface area contributed by atoms with Crippen LogP contribution in [0, 0.1) is 11.8 Å². The first-order valence-corrected chi connectivity index (χ1v) is 11.1. The molecule has 7 nitrogen and oxygen atoms in total. The van der Waals surface area contributed by atoms with E-state index in [2.05, 4.69) is 5.32 Å². The van der Waals surface area contributed by atoms with Crippen LogP contribution in [0.5, 0.6) is 0 Å². The molecule has 1 aliphatic rings. The summed E-state index contributed by atoms with van der Waals surface area (Å²) in [6, 6.07) is 19.2. The molecule has 2 aromatic rings. The number of rotatable bonds is 9. The number of carbonyl (C=O) groups excluding carboxylic acids is 3. The van der Waals surface area contributed by atoms with E-state index in [0.29, 0.717) is 6.61 Å². The van der Waals surface area contributed by atoms with Crippen molar-refractivity contribution in [1.82, 2.24) is 5.32 Å². The highest BCUT2D eigenvalue weighted by Gasteiger charge is 2.47. The molecule has 1 N–H and O–H groups in total. The minimum atomic E-state index is -1.16. The van der Waals surface area contributed by atoms with Gasteiger partial charge in [-0.15, -0.1) is 0 Å². The molecule has 0 spiro atoms. The van der Waals surface area contributed by atoms with Crippen LogP contribution in [0.2, 0.25) is 0 Å². The Bertz CT molecular complexity index is 938. The first-order chi connectivity index (χ1) is 15.7. The fourth-order valence-electron chi connectivity index (χ4n) is 3.73. The van der Waals surface area contributed by atoms with Gasteiger partial charge in [-0.05, 0) is 31.9 Å². The van der Waals surface area contributed by atoms with Crippen molar-refractivity contribution in [2.24, 2.45) is 11.8 Å². The number of ether oxygens (including phenoxy) is 3. The smallest absolute Gasteiger partial charge is 0.319 e. The van der Waals surface area contributed by atoms with E-state index in [1.165, 1.54) is 0 Å². The standard InChI is InChI=1S/C26H31NO6/c1-26(2,3)33-25(30)23-20(14-22(28)27-24(23)29)21(32-16-19-12-8-5-9-13-19)17-31-15-18-10-6-4-7-11-18/h4-13,20-21,23H,14-17H2,1-3H3,(H,27,28,29). The van der Waals surface area contributed by atoms with Gasteiger partial charge in [0.15, 0.2) is 0 Å². The van der Waals surface area contributed by atoms with Gasteiger partial charge in [0.2, 0.25) is 11.8 Å². The summed E-state index contributed by atoms with van der Waals surface area (Å²) in [5.41, 5.74) is 1.15. The summed E-state index contributed by atoms with van der Waals surface area (Å²) in [5.74, 6) is -3.65. The number of carbonyl (C=O) groups is 3. The maximum Gasteiger partial charge on any atom is 0.319 e. The average molecular weight is 454 g/mol. The third kappa shape index (κ3) is 7.51.